The smallest absolute Gasteiger partial charge is 0.250 e. The first-order valence-corrected chi connectivity index (χ1v) is 12.2. The summed E-state index contributed by atoms with van der Waals surface area (Å²) < 4.78 is 0. The van der Waals surface area contributed by atoms with E-state index in [0.717, 1.165) is 36.0 Å². The van der Waals surface area contributed by atoms with Gasteiger partial charge in [-0.05, 0) is 55.5 Å². The Morgan fingerprint density at radius 3 is 2.43 bits per heavy atom. The van der Waals surface area contributed by atoms with Gasteiger partial charge in [0.05, 0.1) is 17.5 Å². The lowest BCUT2D eigenvalue weighted by molar-refractivity contribution is -0.130. The number of nitrogens with two attached hydrogens (primary N) is 1. The number of unbranched alkanes of at least 4 members (excludes halogenated alkanes) is 1. The fourth-order valence-electron chi connectivity index (χ4n) is 5.96. The molecular weight excluding hydrogens is 444 g/mol. The van der Waals surface area contributed by atoms with E-state index in [1.807, 2.05) is 38.1 Å². The molecule has 0 bridgehead atoms. The van der Waals surface area contributed by atoms with Gasteiger partial charge in [-0.1, -0.05) is 37.6 Å². The van der Waals surface area contributed by atoms with Gasteiger partial charge in [-0.3, -0.25) is 24.5 Å². The third-order valence-electron chi connectivity index (χ3n) is 7.86. The number of imide groups is 1. The van der Waals surface area contributed by atoms with Crippen molar-refractivity contribution in [2.24, 2.45) is 17.6 Å². The van der Waals surface area contributed by atoms with E-state index in [9.17, 15) is 19.2 Å². The van der Waals surface area contributed by atoms with Gasteiger partial charge < -0.3 is 11.1 Å². The van der Waals surface area contributed by atoms with Crippen LogP contribution in [0.4, 0.5) is 11.4 Å². The third kappa shape index (κ3) is 3.31. The van der Waals surface area contributed by atoms with Crippen molar-refractivity contribution < 1.29 is 19.2 Å². The highest BCUT2D eigenvalue weighted by molar-refractivity contribution is 6.26. The lowest BCUT2D eigenvalue weighted by atomic mass is 9.76. The first kappa shape index (κ1) is 23.2. The average molecular weight is 475 g/mol. The normalized spacial score (nSPS) is 26.9. The van der Waals surface area contributed by atoms with Crippen LogP contribution in [0.2, 0.25) is 0 Å². The van der Waals surface area contributed by atoms with Crippen LogP contribution in [0.1, 0.15) is 48.4 Å². The molecular formula is C27H30N4O4. The zero-order valence-electron chi connectivity index (χ0n) is 20.2. The molecule has 3 aliphatic rings. The van der Waals surface area contributed by atoms with E-state index in [1.165, 1.54) is 4.90 Å². The Bertz CT molecular complexity index is 1250. The molecule has 2 aromatic rings. The Kier molecular flexibility index (Phi) is 5.51. The van der Waals surface area contributed by atoms with E-state index in [2.05, 4.69) is 17.6 Å². The number of carbonyl (C=O) groups is 4. The van der Waals surface area contributed by atoms with Gasteiger partial charge in [0.2, 0.25) is 23.6 Å². The van der Waals surface area contributed by atoms with Gasteiger partial charge in [0.25, 0.3) is 0 Å². The molecule has 4 unspecified atom stereocenters. The number of nitrogens with one attached hydrogen (secondary N) is 2. The highest BCUT2D eigenvalue weighted by Gasteiger charge is 2.70. The van der Waals surface area contributed by atoms with Crippen LogP contribution < -0.4 is 21.3 Å². The molecule has 2 aromatic carbocycles. The predicted molar refractivity (Wildman–Crippen MR) is 131 cm³/mol. The maximum atomic E-state index is 13.9. The molecule has 4 N–H and O–H groups in total. The van der Waals surface area contributed by atoms with Crippen molar-refractivity contribution in [2.75, 3.05) is 10.2 Å². The second kappa shape index (κ2) is 8.30. The van der Waals surface area contributed by atoms with Crippen LogP contribution >= 0.6 is 0 Å². The summed E-state index contributed by atoms with van der Waals surface area (Å²) in [4.78, 5) is 54.3. The van der Waals surface area contributed by atoms with Crippen LogP contribution in [0.15, 0.2) is 36.4 Å². The predicted octanol–water partition coefficient (Wildman–Crippen LogP) is 2.45. The molecule has 8 nitrogen and oxygen atoms in total. The van der Waals surface area contributed by atoms with Gasteiger partial charge in [-0.25, -0.2) is 4.90 Å². The Labute approximate surface area is 204 Å². The molecule has 4 atom stereocenters. The van der Waals surface area contributed by atoms with Gasteiger partial charge in [-0.15, -0.1) is 0 Å². The summed E-state index contributed by atoms with van der Waals surface area (Å²) >= 11 is 0. The van der Waals surface area contributed by atoms with E-state index in [-0.39, 0.29) is 12.3 Å². The number of hydrogen-bond acceptors (Lipinski definition) is 5. The van der Waals surface area contributed by atoms with Crippen molar-refractivity contribution in [3.63, 3.8) is 0 Å². The van der Waals surface area contributed by atoms with E-state index in [1.54, 1.807) is 12.1 Å². The third-order valence-corrected chi connectivity index (χ3v) is 7.86. The molecule has 35 heavy (non-hydrogen) atoms. The first-order valence-electron chi connectivity index (χ1n) is 12.2. The minimum Gasteiger partial charge on any atom is -0.370 e. The maximum absolute atomic E-state index is 13.9. The molecule has 182 valence electrons. The van der Waals surface area contributed by atoms with E-state index < -0.39 is 41.1 Å². The summed E-state index contributed by atoms with van der Waals surface area (Å²) in [7, 11) is 0. The summed E-state index contributed by atoms with van der Waals surface area (Å²) in [6.07, 6.45) is 2.90. The van der Waals surface area contributed by atoms with Gasteiger partial charge in [0.1, 0.15) is 5.54 Å². The molecule has 3 heterocycles. The number of amides is 4. The van der Waals surface area contributed by atoms with Crippen LogP contribution in [-0.2, 0) is 31.1 Å². The van der Waals surface area contributed by atoms with Crippen molar-refractivity contribution in [1.29, 1.82) is 0 Å². The Morgan fingerprint density at radius 1 is 1.06 bits per heavy atom. The molecule has 2 saturated heterocycles. The van der Waals surface area contributed by atoms with Crippen LogP contribution in [0, 0.1) is 25.7 Å². The number of benzene rings is 2. The molecule has 5 rings (SSSR count). The number of nitrogens with zero attached hydrogens (tertiary/aromatic N) is 1. The Morgan fingerprint density at radius 2 is 1.77 bits per heavy atom. The SMILES string of the molecule is CCCCc1ccc(N2C(=O)C3C(CC(N)=O)NC4(C(=O)Nc5c4ccc(C)c5C)C3C2=O)cc1. The number of hydrogen-bond donors (Lipinski definition) is 3. The summed E-state index contributed by atoms with van der Waals surface area (Å²) in [6.45, 7) is 5.99. The van der Waals surface area contributed by atoms with Crippen LogP contribution in [0.25, 0.3) is 0 Å². The van der Waals surface area contributed by atoms with Gasteiger partial charge in [0, 0.05) is 23.7 Å². The largest absolute Gasteiger partial charge is 0.370 e. The summed E-state index contributed by atoms with van der Waals surface area (Å²) in [5, 5.41) is 6.18. The maximum Gasteiger partial charge on any atom is 0.250 e. The number of fused-ring (bicyclic) bond motifs is 4. The van der Waals surface area contributed by atoms with Crippen molar-refractivity contribution >= 4 is 35.0 Å². The summed E-state index contributed by atoms with van der Waals surface area (Å²) in [5.41, 5.74) is 8.86. The number of aryl methyl sites for hydroxylation is 2. The lowest BCUT2D eigenvalue weighted by Gasteiger charge is -2.29. The van der Waals surface area contributed by atoms with Crippen LogP contribution in [-0.4, -0.2) is 29.7 Å². The topological polar surface area (TPSA) is 122 Å². The minimum absolute atomic E-state index is 0.154. The summed E-state index contributed by atoms with van der Waals surface area (Å²) in [5.74, 6) is -3.71. The quantitative estimate of drug-likeness (QED) is 0.555. The average Bonchev–Trinajstić information content (AvgIpc) is 3.40. The highest BCUT2D eigenvalue weighted by atomic mass is 16.2. The monoisotopic (exact) mass is 474 g/mol. The molecule has 0 saturated carbocycles. The molecule has 0 aromatic heterocycles. The fraction of sp³-hybridized carbons (Fsp3) is 0.407. The van der Waals surface area contributed by atoms with Crippen molar-refractivity contribution in [3.8, 4) is 0 Å². The molecule has 4 amide bonds. The van der Waals surface area contributed by atoms with E-state index >= 15 is 0 Å². The van der Waals surface area contributed by atoms with Crippen LogP contribution in [0.5, 0.6) is 0 Å². The van der Waals surface area contributed by atoms with Gasteiger partial charge in [0.15, 0.2) is 0 Å². The minimum atomic E-state index is -1.44. The highest BCUT2D eigenvalue weighted by Crippen LogP contribution is 2.54. The lowest BCUT2D eigenvalue weighted by Crippen LogP contribution is -2.53. The molecule has 0 aliphatic carbocycles. The van der Waals surface area contributed by atoms with Crippen molar-refractivity contribution in [3.05, 3.63) is 58.7 Å². The number of primary amides is 1. The Hall–Kier alpha value is -3.52. The van der Waals surface area contributed by atoms with Gasteiger partial charge in [-0.2, -0.15) is 0 Å². The van der Waals surface area contributed by atoms with Crippen molar-refractivity contribution in [2.45, 2.75) is 58.0 Å². The second-order valence-electron chi connectivity index (χ2n) is 9.90. The first-order chi connectivity index (χ1) is 16.7. The van der Waals surface area contributed by atoms with Crippen LogP contribution in [0.3, 0.4) is 0 Å². The standard InChI is InChI=1S/C27H30N4O4/c1-4-5-6-16-8-10-17(11-9-16)31-24(33)21-19(13-20(28)32)30-27(22(21)25(31)34)18-12-7-14(2)15(3)23(18)29-26(27)35/h7-12,19,21-22,30H,4-6,13H2,1-3H3,(H2,28,32)(H,29,35). The number of carbonyl (C=O) groups excluding carboxylic acids is 4. The van der Waals surface area contributed by atoms with E-state index in [4.69, 9.17) is 5.73 Å². The van der Waals surface area contributed by atoms with E-state index in [0.29, 0.717) is 16.9 Å². The summed E-state index contributed by atoms with van der Waals surface area (Å²) in [6, 6.07) is 10.4. The van der Waals surface area contributed by atoms with Crippen molar-refractivity contribution in [1.82, 2.24) is 5.32 Å². The number of rotatable bonds is 6. The molecule has 8 heteroatoms. The number of anilines is 2. The fourth-order valence-corrected chi connectivity index (χ4v) is 5.96. The van der Waals surface area contributed by atoms with Gasteiger partial charge >= 0.3 is 0 Å². The zero-order chi connectivity index (χ0) is 25.1. The Balaban J connectivity index is 1.60. The molecule has 0 radical (unpaired) electrons. The zero-order valence-corrected chi connectivity index (χ0v) is 20.2. The molecule has 1 spiro atoms. The molecule has 3 aliphatic heterocycles. The second-order valence-corrected chi connectivity index (χ2v) is 9.90. The molecule has 2 fully saturated rings.